The first kappa shape index (κ1) is 6.12. The van der Waals surface area contributed by atoms with Crippen LogP contribution in [0.25, 0.3) is 0 Å². The van der Waals surface area contributed by atoms with Crippen molar-refractivity contribution in [1.29, 1.82) is 0 Å². The number of esters is 1. The number of carbonyl (C=O) groups is 1. The third kappa shape index (κ3) is 0.726. The Hall–Kier alpha value is -0.610. The van der Waals surface area contributed by atoms with E-state index in [-0.39, 0.29) is 18.1 Å². The molecule has 2 aliphatic rings. The number of nitrogens with one attached hydrogen (secondary N) is 1. The Bertz CT molecular complexity index is 170. The third-order valence-corrected chi connectivity index (χ3v) is 2.02. The Morgan fingerprint density at radius 2 is 2.50 bits per heavy atom. The molecule has 0 aromatic rings. The molecule has 1 unspecified atom stereocenters. The molecule has 2 N–H and O–H groups in total. The maximum atomic E-state index is 10.6. The molecular formula is C6H9NO3. The van der Waals surface area contributed by atoms with Crippen LogP contribution in [0.15, 0.2) is 0 Å². The van der Waals surface area contributed by atoms with Crippen molar-refractivity contribution in [1.82, 2.24) is 5.32 Å². The van der Waals surface area contributed by atoms with Gasteiger partial charge >= 0.3 is 5.97 Å². The summed E-state index contributed by atoms with van der Waals surface area (Å²) in [7, 11) is 0. The Balaban J connectivity index is 2.12. The average Bonchev–Trinajstić information content (AvgIpc) is 2.35. The van der Waals surface area contributed by atoms with Gasteiger partial charge in [-0.15, -0.1) is 0 Å². The SMILES string of the molecule is O=C1C[C@H]2NCC(O)[C@H]2O1. The summed E-state index contributed by atoms with van der Waals surface area (Å²) in [5.74, 6) is -0.207. The fraction of sp³-hybridized carbons (Fsp3) is 0.833. The molecule has 2 rings (SSSR count). The fourth-order valence-corrected chi connectivity index (χ4v) is 1.50. The van der Waals surface area contributed by atoms with E-state index in [4.69, 9.17) is 4.74 Å². The summed E-state index contributed by atoms with van der Waals surface area (Å²) in [4.78, 5) is 10.6. The molecule has 10 heavy (non-hydrogen) atoms. The summed E-state index contributed by atoms with van der Waals surface area (Å²) in [5.41, 5.74) is 0. The highest BCUT2D eigenvalue weighted by Gasteiger charge is 2.43. The van der Waals surface area contributed by atoms with Crippen molar-refractivity contribution in [2.24, 2.45) is 0 Å². The summed E-state index contributed by atoms with van der Waals surface area (Å²) >= 11 is 0. The summed E-state index contributed by atoms with van der Waals surface area (Å²) in [5, 5.41) is 12.2. The molecule has 2 heterocycles. The molecule has 2 fully saturated rings. The maximum Gasteiger partial charge on any atom is 0.307 e. The zero-order chi connectivity index (χ0) is 7.14. The van der Waals surface area contributed by atoms with Crippen molar-refractivity contribution in [3.05, 3.63) is 0 Å². The summed E-state index contributed by atoms with van der Waals surface area (Å²) in [6.07, 6.45) is -0.384. The Labute approximate surface area is 58.2 Å². The maximum absolute atomic E-state index is 10.6. The zero-order valence-electron chi connectivity index (χ0n) is 5.41. The van der Waals surface area contributed by atoms with Crippen molar-refractivity contribution in [2.45, 2.75) is 24.7 Å². The van der Waals surface area contributed by atoms with Crippen LogP contribution in [0.5, 0.6) is 0 Å². The highest BCUT2D eigenvalue weighted by molar-refractivity contribution is 5.73. The van der Waals surface area contributed by atoms with E-state index in [9.17, 15) is 9.90 Å². The zero-order valence-corrected chi connectivity index (χ0v) is 5.41. The molecule has 0 aromatic heterocycles. The van der Waals surface area contributed by atoms with Gasteiger partial charge in [0, 0.05) is 6.54 Å². The number of hydrogen-bond donors (Lipinski definition) is 2. The van der Waals surface area contributed by atoms with E-state index in [1.165, 1.54) is 0 Å². The summed E-state index contributed by atoms with van der Waals surface area (Å²) < 4.78 is 4.85. The van der Waals surface area contributed by atoms with Gasteiger partial charge in [-0.3, -0.25) is 4.79 Å². The van der Waals surface area contributed by atoms with Crippen molar-refractivity contribution >= 4 is 5.97 Å². The minimum absolute atomic E-state index is 0.0579. The molecule has 0 aromatic carbocycles. The number of β-amino-alcohol motifs (C(OH)–C–C–N with tert-alkyl or cyclic N) is 1. The number of aliphatic hydroxyl groups is 1. The van der Waals surface area contributed by atoms with E-state index in [2.05, 4.69) is 5.32 Å². The van der Waals surface area contributed by atoms with Gasteiger partial charge < -0.3 is 15.2 Å². The number of hydrogen-bond acceptors (Lipinski definition) is 4. The Kier molecular flexibility index (Phi) is 1.18. The van der Waals surface area contributed by atoms with E-state index >= 15 is 0 Å². The number of ether oxygens (including phenoxy) is 1. The predicted octanol–water partition coefficient (Wildman–Crippen LogP) is -1.37. The van der Waals surface area contributed by atoms with Crippen LogP contribution in [0.1, 0.15) is 6.42 Å². The monoisotopic (exact) mass is 143 g/mol. The van der Waals surface area contributed by atoms with Gasteiger partial charge in [0.05, 0.1) is 12.5 Å². The Morgan fingerprint density at radius 1 is 1.70 bits per heavy atom. The molecule has 0 spiro atoms. The number of rotatable bonds is 0. The first-order valence-corrected chi connectivity index (χ1v) is 3.38. The van der Waals surface area contributed by atoms with Crippen molar-refractivity contribution in [2.75, 3.05) is 6.54 Å². The molecule has 2 aliphatic heterocycles. The van der Waals surface area contributed by atoms with Crippen molar-refractivity contribution < 1.29 is 14.6 Å². The van der Waals surface area contributed by atoms with Crippen molar-refractivity contribution in [3.63, 3.8) is 0 Å². The smallest absolute Gasteiger partial charge is 0.307 e. The molecule has 0 bridgehead atoms. The Morgan fingerprint density at radius 3 is 3.20 bits per heavy atom. The lowest BCUT2D eigenvalue weighted by Gasteiger charge is -2.09. The molecule has 0 saturated carbocycles. The van der Waals surface area contributed by atoms with Gasteiger partial charge in [-0.05, 0) is 0 Å². The molecule has 56 valence electrons. The molecule has 4 nitrogen and oxygen atoms in total. The quantitative estimate of drug-likeness (QED) is 0.411. The average molecular weight is 143 g/mol. The van der Waals surface area contributed by atoms with Crippen LogP contribution in [0, 0.1) is 0 Å². The first-order valence-electron chi connectivity index (χ1n) is 3.38. The molecule has 0 amide bonds. The van der Waals surface area contributed by atoms with E-state index < -0.39 is 6.10 Å². The second-order valence-corrected chi connectivity index (χ2v) is 2.74. The normalized spacial score (nSPS) is 45.3. The minimum atomic E-state index is -0.503. The highest BCUT2D eigenvalue weighted by atomic mass is 16.6. The van der Waals surface area contributed by atoms with Crippen LogP contribution in [0.3, 0.4) is 0 Å². The molecule has 0 radical (unpaired) electrons. The van der Waals surface area contributed by atoms with Crippen LogP contribution in [-0.4, -0.2) is 35.9 Å². The standard InChI is InChI=1S/C6H9NO3/c8-4-2-7-3-1-5(9)10-6(3)4/h3-4,6-8H,1-2H2/t3-,4?,6+/m1/s1. The second kappa shape index (κ2) is 1.93. The summed E-state index contributed by atoms with van der Waals surface area (Å²) in [6, 6.07) is 0.0579. The van der Waals surface area contributed by atoms with Gasteiger partial charge in [0.2, 0.25) is 0 Å². The lowest BCUT2D eigenvalue weighted by Crippen LogP contribution is -2.28. The largest absolute Gasteiger partial charge is 0.458 e. The second-order valence-electron chi connectivity index (χ2n) is 2.74. The molecule has 2 saturated heterocycles. The van der Waals surface area contributed by atoms with Gasteiger partial charge in [0.15, 0.2) is 0 Å². The topological polar surface area (TPSA) is 58.6 Å². The van der Waals surface area contributed by atoms with Gasteiger partial charge in [-0.2, -0.15) is 0 Å². The fourth-order valence-electron chi connectivity index (χ4n) is 1.50. The molecule has 0 aliphatic carbocycles. The first-order chi connectivity index (χ1) is 4.77. The lowest BCUT2D eigenvalue weighted by molar-refractivity contribution is -0.144. The van der Waals surface area contributed by atoms with E-state index in [0.29, 0.717) is 13.0 Å². The third-order valence-electron chi connectivity index (χ3n) is 2.02. The van der Waals surface area contributed by atoms with Crippen LogP contribution in [0.4, 0.5) is 0 Å². The number of carbonyl (C=O) groups excluding carboxylic acids is 1. The molecular weight excluding hydrogens is 134 g/mol. The summed E-state index contributed by atoms with van der Waals surface area (Å²) in [6.45, 7) is 0.544. The van der Waals surface area contributed by atoms with Gasteiger partial charge in [-0.1, -0.05) is 0 Å². The van der Waals surface area contributed by atoms with E-state index in [0.717, 1.165) is 0 Å². The number of aliphatic hydroxyl groups excluding tert-OH is 1. The van der Waals surface area contributed by atoms with E-state index in [1.807, 2.05) is 0 Å². The predicted molar refractivity (Wildman–Crippen MR) is 32.3 cm³/mol. The van der Waals surface area contributed by atoms with Crippen LogP contribution in [-0.2, 0) is 9.53 Å². The molecule has 3 atom stereocenters. The molecule has 4 heteroatoms. The minimum Gasteiger partial charge on any atom is -0.458 e. The lowest BCUT2D eigenvalue weighted by atomic mass is 10.1. The van der Waals surface area contributed by atoms with Crippen LogP contribution < -0.4 is 5.32 Å². The highest BCUT2D eigenvalue weighted by Crippen LogP contribution is 2.22. The number of fused-ring (bicyclic) bond motifs is 1. The van der Waals surface area contributed by atoms with Crippen molar-refractivity contribution in [3.8, 4) is 0 Å². The van der Waals surface area contributed by atoms with Gasteiger partial charge in [0.25, 0.3) is 0 Å². The van der Waals surface area contributed by atoms with Gasteiger partial charge in [0.1, 0.15) is 12.2 Å². The van der Waals surface area contributed by atoms with E-state index in [1.54, 1.807) is 0 Å². The van der Waals surface area contributed by atoms with Gasteiger partial charge in [-0.25, -0.2) is 0 Å². The van der Waals surface area contributed by atoms with Crippen LogP contribution >= 0.6 is 0 Å². The van der Waals surface area contributed by atoms with Crippen LogP contribution in [0.2, 0.25) is 0 Å².